The number of rotatable bonds is 6. The Balaban J connectivity index is 1.12. The smallest absolute Gasteiger partial charge is 0.160 e. The monoisotopic (exact) mass is 716 g/mol. The van der Waals surface area contributed by atoms with E-state index in [9.17, 15) is 0 Å². The predicted molar refractivity (Wildman–Crippen MR) is 229 cm³/mol. The average Bonchev–Trinajstić information content (AvgIpc) is 3.84. The normalized spacial score (nSPS) is 11.6. The predicted octanol–water partition coefficient (Wildman–Crippen LogP) is 14.3. The van der Waals surface area contributed by atoms with Crippen molar-refractivity contribution in [3.05, 3.63) is 194 Å². The van der Waals surface area contributed by atoms with Crippen molar-refractivity contribution in [3.8, 4) is 67.3 Å². The number of fused-ring (bicyclic) bond motifs is 6. The van der Waals surface area contributed by atoms with Crippen molar-refractivity contribution in [1.29, 1.82) is 0 Å². The third-order valence-corrected chi connectivity index (χ3v) is 10.7. The van der Waals surface area contributed by atoms with Gasteiger partial charge in [-0.25, -0.2) is 9.97 Å². The summed E-state index contributed by atoms with van der Waals surface area (Å²) in [6, 6.07) is 67.5. The first-order valence-corrected chi connectivity index (χ1v) is 18.8. The average molecular weight is 717 g/mol. The highest BCUT2D eigenvalue weighted by atomic mass is 16.3. The third kappa shape index (κ3) is 5.55. The molecule has 262 valence electrons. The molecule has 3 heterocycles. The minimum Gasteiger partial charge on any atom is -0.456 e. The lowest BCUT2D eigenvalue weighted by Gasteiger charge is -2.15. The Morgan fingerprint density at radius 3 is 1.43 bits per heavy atom. The summed E-state index contributed by atoms with van der Waals surface area (Å²) in [5.41, 5.74) is 14.8. The van der Waals surface area contributed by atoms with Gasteiger partial charge in [0.25, 0.3) is 0 Å². The molecule has 0 atom stereocenters. The van der Waals surface area contributed by atoms with E-state index < -0.39 is 0 Å². The Hall–Kier alpha value is -7.56. The molecule has 0 fully saturated rings. The quantitative estimate of drug-likeness (QED) is 0.172. The number of benzene rings is 8. The fourth-order valence-corrected chi connectivity index (χ4v) is 7.95. The molecule has 0 spiro atoms. The van der Waals surface area contributed by atoms with E-state index in [0.29, 0.717) is 5.82 Å². The Labute approximate surface area is 323 Å². The molecule has 11 aromatic rings. The van der Waals surface area contributed by atoms with Crippen LogP contribution in [-0.4, -0.2) is 9.97 Å². The summed E-state index contributed by atoms with van der Waals surface area (Å²) in [6.07, 6.45) is 0. The second-order valence-corrected chi connectivity index (χ2v) is 14.2. The lowest BCUT2D eigenvalue weighted by atomic mass is 9.93. The van der Waals surface area contributed by atoms with E-state index in [-0.39, 0.29) is 0 Å². The van der Waals surface area contributed by atoms with Gasteiger partial charge < -0.3 is 8.83 Å². The van der Waals surface area contributed by atoms with Crippen LogP contribution in [0.25, 0.3) is 111 Å². The molecular weight excluding hydrogens is 685 g/mol. The van der Waals surface area contributed by atoms with Crippen LogP contribution in [0.2, 0.25) is 0 Å². The van der Waals surface area contributed by atoms with Crippen molar-refractivity contribution in [2.45, 2.75) is 0 Å². The molecular formula is C52H32N2O2. The molecule has 0 aliphatic heterocycles. The summed E-state index contributed by atoms with van der Waals surface area (Å²) in [7, 11) is 0. The molecule has 0 saturated carbocycles. The Kier molecular flexibility index (Phi) is 7.46. The molecule has 0 aliphatic rings. The SMILES string of the molecule is c1ccc(-c2cc(-c3ccc4oc5ccccc5c4c3)cc(-c3cc(-c4ccccc4-c4ccc5oc6ccccc6c5c4)nc(-c4ccccc4)n3)c2)cc1. The minimum absolute atomic E-state index is 0.669. The fourth-order valence-electron chi connectivity index (χ4n) is 7.95. The van der Waals surface area contributed by atoms with E-state index >= 15 is 0 Å². The molecule has 4 nitrogen and oxygen atoms in total. The van der Waals surface area contributed by atoms with Gasteiger partial charge in [-0.3, -0.25) is 0 Å². The Morgan fingerprint density at radius 1 is 0.268 bits per heavy atom. The topological polar surface area (TPSA) is 52.1 Å². The molecule has 56 heavy (non-hydrogen) atoms. The van der Waals surface area contributed by atoms with Gasteiger partial charge >= 0.3 is 0 Å². The zero-order chi connectivity index (χ0) is 37.0. The highest BCUT2D eigenvalue weighted by molar-refractivity contribution is 6.07. The second kappa shape index (κ2) is 13.1. The van der Waals surface area contributed by atoms with Crippen LogP contribution in [-0.2, 0) is 0 Å². The van der Waals surface area contributed by atoms with Gasteiger partial charge in [-0.2, -0.15) is 0 Å². The van der Waals surface area contributed by atoms with Crippen molar-refractivity contribution in [1.82, 2.24) is 9.97 Å². The van der Waals surface area contributed by atoms with Crippen LogP contribution in [0.5, 0.6) is 0 Å². The lowest BCUT2D eigenvalue weighted by Crippen LogP contribution is -1.97. The van der Waals surface area contributed by atoms with Crippen LogP contribution in [0.3, 0.4) is 0 Å². The van der Waals surface area contributed by atoms with Crippen molar-refractivity contribution in [3.63, 3.8) is 0 Å². The first kappa shape index (κ1) is 31.9. The summed E-state index contributed by atoms with van der Waals surface area (Å²) in [5, 5.41) is 4.40. The van der Waals surface area contributed by atoms with Crippen molar-refractivity contribution < 1.29 is 8.83 Å². The standard InChI is InChI=1S/C52H32N2O2/c1-3-13-33(14-4-1)37-27-38(35-23-25-50-44(30-35)42-19-9-11-21-48(42)55-50)29-39(28-37)46-32-47(54-52(53-46)34-15-5-2-6-16-34)41-18-8-7-17-40(41)36-24-26-51-45(31-36)43-20-10-12-22-49(43)56-51/h1-32H. The van der Waals surface area contributed by atoms with E-state index in [1.807, 2.05) is 42.5 Å². The molecule has 0 bridgehead atoms. The first-order chi connectivity index (χ1) is 27.7. The lowest BCUT2D eigenvalue weighted by molar-refractivity contribution is 0.668. The molecule has 3 aromatic heterocycles. The molecule has 11 rings (SSSR count). The van der Waals surface area contributed by atoms with Gasteiger partial charge in [0, 0.05) is 38.2 Å². The van der Waals surface area contributed by atoms with Crippen molar-refractivity contribution in [2.75, 3.05) is 0 Å². The van der Waals surface area contributed by atoms with Crippen LogP contribution in [0, 0.1) is 0 Å². The van der Waals surface area contributed by atoms with Gasteiger partial charge in [0.1, 0.15) is 22.3 Å². The van der Waals surface area contributed by atoms with Crippen LogP contribution >= 0.6 is 0 Å². The molecule has 0 saturated heterocycles. The second-order valence-electron chi connectivity index (χ2n) is 14.2. The van der Waals surface area contributed by atoms with E-state index in [1.54, 1.807) is 0 Å². The number of furan rings is 2. The highest BCUT2D eigenvalue weighted by Crippen LogP contribution is 2.40. The zero-order valence-corrected chi connectivity index (χ0v) is 30.2. The molecule has 8 aromatic carbocycles. The first-order valence-electron chi connectivity index (χ1n) is 18.8. The Morgan fingerprint density at radius 2 is 0.750 bits per heavy atom. The summed E-state index contributed by atoms with van der Waals surface area (Å²) >= 11 is 0. The summed E-state index contributed by atoms with van der Waals surface area (Å²) in [4.78, 5) is 10.5. The maximum atomic E-state index is 6.20. The third-order valence-electron chi connectivity index (χ3n) is 10.7. The number of hydrogen-bond acceptors (Lipinski definition) is 4. The number of para-hydroxylation sites is 2. The summed E-state index contributed by atoms with van der Waals surface area (Å²) in [5.74, 6) is 0.669. The van der Waals surface area contributed by atoms with Crippen molar-refractivity contribution in [2.24, 2.45) is 0 Å². The summed E-state index contributed by atoms with van der Waals surface area (Å²) < 4.78 is 12.4. The molecule has 0 N–H and O–H groups in total. The maximum absolute atomic E-state index is 6.20. The van der Waals surface area contributed by atoms with E-state index in [2.05, 4.69) is 152 Å². The number of aromatic nitrogens is 2. The van der Waals surface area contributed by atoms with Crippen LogP contribution in [0.15, 0.2) is 203 Å². The van der Waals surface area contributed by atoms with Gasteiger partial charge in [-0.15, -0.1) is 0 Å². The fraction of sp³-hybridized carbons (Fsp3) is 0. The highest BCUT2D eigenvalue weighted by Gasteiger charge is 2.17. The van der Waals surface area contributed by atoms with Crippen LogP contribution in [0.4, 0.5) is 0 Å². The van der Waals surface area contributed by atoms with Gasteiger partial charge in [0.15, 0.2) is 5.82 Å². The van der Waals surface area contributed by atoms with Gasteiger partial charge in [-0.05, 0) is 94.0 Å². The molecule has 0 aliphatic carbocycles. The molecule has 4 heteroatoms. The minimum atomic E-state index is 0.669. The molecule has 0 radical (unpaired) electrons. The summed E-state index contributed by atoms with van der Waals surface area (Å²) in [6.45, 7) is 0. The van der Waals surface area contributed by atoms with Gasteiger partial charge in [-0.1, -0.05) is 133 Å². The van der Waals surface area contributed by atoms with Crippen molar-refractivity contribution >= 4 is 43.9 Å². The van der Waals surface area contributed by atoms with Crippen LogP contribution < -0.4 is 0 Å². The van der Waals surface area contributed by atoms with E-state index in [0.717, 1.165) is 105 Å². The molecule has 0 unspecified atom stereocenters. The largest absolute Gasteiger partial charge is 0.456 e. The maximum Gasteiger partial charge on any atom is 0.160 e. The van der Waals surface area contributed by atoms with E-state index in [4.69, 9.17) is 18.8 Å². The number of nitrogens with zero attached hydrogens (tertiary/aromatic N) is 2. The Bertz CT molecular complexity index is 3250. The van der Waals surface area contributed by atoms with Gasteiger partial charge in [0.05, 0.1) is 11.4 Å². The number of hydrogen-bond donors (Lipinski definition) is 0. The van der Waals surface area contributed by atoms with Crippen LogP contribution in [0.1, 0.15) is 0 Å². The molecule has 0 amide bonds. The van der Waals surface area contributed by atoms with Gasteiger partial charge in [0.2, 0.25) is 0 Å². The zero-order valence-electron chi connectivity index (χ0n) is 30.2. The van der Waals surface area contributed by atoms with E-state index in [1.165, 1.54) is 0 Å².